The third-order valence-corrected chi connectivity index (χ3v) is 5.40. The maximum absolute atomic E-state index is 12.7. The lowest BCUT2D eigenvalue weighted by Gasteiger charge is -2.34. The normalized spacial score (nSPS) is 22.9. The summed E-state index contributed by atoms with van der Waals surface area (Å²) in [4.78, 5) is 31.5. The summed E-state index contributed by atoms with van der Waals surface area (Å²) in [5.74, 6) is 0.630. The zero-order valence-electron chi connectivity index (χ0n) is 16.0. The topological polar surface area (TPSA) is 85.5 Å². The van der Waals surface area contributed by atoms with Gasteiger partial charge in [-0.3, -0.25) is 4.79 Å². The Bertz CT molecular complexity index is 877. The number of hydrogen-bond acceptors (Lipinski definition) is 6. The van der Waals surface area contributed by atoms with Gasteiger partial charge in [0.1, 0.15) is 0 Å². The van der Waals surface area contributed by atoms with E-state index in [4.69, 9.17) is 9.26 Å². The number of aromatic nitrogens is 2. The number of rotatable bonds is 4. The van der Waals surface area contributed by atoms with Gasteiger partial charge in [-0.1, -0.05) is 19.0 Å². The van der Waals surface area contributed by atoms with Crippen LogP contribution >= 0.6 is 0 Å². The van der Waals surface area contributed by atoms with Crippen LogP contribution in [-0.4, -0.2) is 46.6 Å². The SMILES string of the molecule is Cc1noc2nc(C3CC3)cc(C(=O)OCC(=O)N3C[C@H](C)C[C@@H](C)C3)c12. The van der Waals surface area contributed by atoms with E-state index in [1.54, 1.807) is 17.9 Å². The highest BCUT2D eigenvalue weighted by molar-refractivity contribution is 6.03. The number of likely N-dealkylation sites (tertiary alicyclic amines) is 1. The van der Waals surface area contributed by atoms with Gasteiger partial charge in [-0.15, -0.1) is 0 Å². The van der Waals surface area contributed by atoms with Crippen molar-refractivity contribution in [3.05, 3.63) is 23.0 Å². The van der Waals surface area contributed by atoms with Crippen LogP contribution in [0.1, 0.15) is 60.8 Å². The molecule has 0 unspecified atom stereocenters. The number of piperidine rings is 1. The molecular weight excluding hydrogens is 346 g/mol. The fourth-order valence-electron chi connectivity index (χ4n) is 4.03. The van der Waals surface area contributed by atoms with Crippen molar-refractivity contribution in [2.75, 3.05) is 19.7 Å². The van der Waals surface area contributed by atoms with Crippen molar-refractivity contribution >= 4 is 23.0 Å². The minimum atomic E-state index is -0.526. The van der Waals surface area contributed by atoms with Gasteiger partial charge in [0.05, 0.1) is 16.6 Å². The van der Waals surface area contributed by atoms with Crippen LogP contribution in [0.15, 0.2) is 10.6 Å². The monoisotopic (exact) mass is 371 g/mol. The van der Waals surface area contributed by atoms with E-state index in [2.05, 4.69) is 24.0 Å². The Labute approximate surface area is 158 Å². The Morgan fingerprint density at radius 3 is 2.63 bits per heavy atom. The highest BCUT2D eigenvalue weighted by Gasteiger charge is 2.30. The van der Waals surface area contributed by atoms with E-state index in [1.165, 1.54) is 0 Å². The molecule has 1 saturated carbocycles. The Kier molecular flexibility index (Phi) is 4.61. The molecule has 2 aliphatic rings. The minimum absolute atomic E-state index is 0.142. The average Bonchev–Trinajstić information content (AvgIpc) is 3.41. The van der Waals surface area contributed by atoms with Gasteiger partial charge in [0, 0.05) is 24.7 Å². The Balaban J connectivity index is 1.49. The van der Waals surface area contributed by atoms with E-state index in [-0.39, 0.29) is 12.5 Å². The van der Waals surface area contributed by atoms with Crippen LogP contribution in [-0.2, 0) is 9.53 Å². The van der Waals surface area contributed by atoms with Crippen molar-refractivity contribution in [2.24, 2.45) is 11.8 Å². The number of ether oxygens (including phenoxy) is 1. The van der Waals surface area contributed by atoms with E-state index < -0.39 is 5.97 Å². The summed E-state index contributed by atoms with van der Waals surface area (Å²) < 4.78 is 10.6. The molecule has 7 nitrogen and oxygen atoms in total. The first-order chi connectivity index (χ1) is 12.9. The summed E-state index contributed by atoms with van der Waals surface area (Å²) in [5, 5.41) is 4.49. The smallest absolute Gasteiger partial charge is 0.339 e. The lowest BCUT2D eigenvalue weighted by atomic mass is 9.92. The molecule has 2 aromatic rings. The standard InChI is InChI=1S/C20H25N3O4/c1-11-6-12(2)9-23(8-11)17(24)10-26-20(25)15-7-16(14-4-5-14)21-19-18(15)13(3)22-27-19/h7,11-12,14H,4-6,8-10H2,1-3H3/t11-,12-/m1/s1. The molecule has 2 aromatic heterocycles. The molecular formula is C20H25N3O4. The molecule has 0 bridgehead atoms. The van der Waals surface area contributed by atoms with Crippen molar-refractivity contribution in [3.63, 3.8) is 0 Å². The van der Waals surface area contributed by atoms with Crippen LogP contribution in [0, 0.1) is 18.8 Å². The fourth-order valence-corrected chi connectivity index (χ4v) is 4.03. The maximum atomic E-state index is 12.7. The summed E-state index contributed by atoms with van der Waals surface area (Å²) >= 11 is 0. The largest absolute Gasteiger partial charge is 0.452 e. The molecule has 0 aromatic carbocycles. The van der Waals surface area contributed by atoms with Crippen LogP contribution in [0.3, 0.4) is 0 Å². The van der Waals surface area contributed by atoms with Crippen molar-refractivity contribution in [1.29, 1.82) is 0 Å². The van der Waals surface area contributed by atoms with Crippen molar-refractivity contribution < 1.29 is 18.8 Å². The molecule has 144 valence electrons. The van der Waals surface area contributed by atoms with Gasteiger partial charge in [0.15, 0.2) is 6.61 Å². The molecule has 1 aliphatic carbocycles. The summed E-state index contributed by atoms with van der Waals surface area (Å²) in [6, 6.07) is 1.77. The second-order valence-corrected chi connectivity index (χ2v) is 8.14. The van der Waals surface area contributed by atoms with E-state index >= 15 is 0 Å². The molecule has 0 radical (unpaired) electrons. The Hall–Kier alpha value is -2.44. The number of amides is 1. The number of carbonyl (C=O) groups excluding carboxylic acids is 2. The number of pyridine rings is 1. The Morgan fingerprint density at radius 2 is 1.96 bits per heavy atom. The van der Waals surface area contributed by atoms with Gasteiger partial charge in [0.25, 0.3) is 11.6 Å². The van der Waals surface area contributed by atoms with Crippen molar-refractivity contribution in [2.45, 2.75) is 46.0 Å². The first-order valence-corrected chi connectivity index (χ1v) is 9.64. The van der Waals surface area contributed by atoms with E-state index in [1.807, 2.05) is 0 Å². The molecule has 1 saturated heterocycles. The quantitative estimate of drug-likeness (QED) is 0.768. The summed E-state index contributed by atoms with van der Waals surface area (Å²) in [7, 11) is 0. The molecule has 3 heterocycles. The van der Waals surface area contributed by atoms with Crippen molar-refractivity contribution in [1.82, 2.24) is 15.0 Å². The van der Waals surface area contributed by atoms with Gasteiger partial charge in [-0.25, -0.2) is 9.78 Å². The number of nitrogens with zero attached hydrogens (tertiary/aromatic N) is 3. The minimum Gasteiger partial charge on any atom is -0.452 e. The molecule has 2 fully saturated rings. The van der Waals surface area contributed by atoms with Gasteiger partial charge in [-0.05, 0) is 44.1 Å². The fraction of sp³-hybridized carbons (Fsp3) is 0.600. The maximum Gasteiger partial charge on any atom is 0.339 e. The number of esters is 1. The number of hydrogen-bond donors (Lipinski definition) is 0. The van der Waals surface area contributed by atoms with E-state index in [0.29, 0.717) is 40.1 Å². The van der Waals surface area contributed by atoms with Crippen LogP contribution in [0.4, 0.5) is 0 Å². The van der Waals surface area contributed by atoms with Gasteiger partial charge in [-0.2, -0.15) is 0 Å². The Morgan fingerprint density at radius 1 is 1.26 bits per heavy atom. The lowest BCUT2D eigenvalue weighted by molar-refractivity contribution is -0.137. The lowest BCUT2D eigenvalue weighted by Crippen LogP contribution is -2.44. The third kappa shape index (κ3) is 3.68. The van der Waals surface area contributed by atoms with Crippen LogP contribution in [0.25, 0.3) is 11.1 Å². The van der Waals surface area contributed by atoms with Gasteiger partial charge >= 0.3 is 5.97 Å². The van der Waals surface area contributed by atoms with Gasteiger partial charge < -0.3 is 14.2 Å². The second kappa shape index (κ2) is 6.94. The predicted molar refractivity (Wildman–Crippen MR) is 98.3 cm³/mol. The molecule has 1 aliphatic heterocycles. The van der Waals surface area contributed by atoms with Crippen LogP contribution < -0.4 is 0 Å². The third-order valence-electron chi connectivity index (χ3n) is 5.40. The second-order valence-electron chi connectivity index (χ2n) is 8.14. The van der Waals surface area contributed by atoms with Crippen LogP contribution in [0.5, 0.6) is 0 Å². The number of carbonyl (C=O) groups is 2. The summed E-state index contributed by atoms with van der Waals surface area (Å²) in [6.45, 7) is 7.25. The first-order valence-electron chi connectivity index (χ1n) is 9.64. The molecule has 0 spiro atoms. The number of fused-ring (bicyclic) bond motifs is 1. The molecule has 2 atom stereocenters. The van der Waals surface area contributed by atoms with Crippen LogP contribution in [0.2, 0.25) is 0 Å². The predicted octanol–water partition coefficient (Wildman–Crippen LogP) is 3.07. The van der Waals surface area contributed by atoms with Gasteiger partial charge in [0.2, 0.25) is 0 Å². The molecule has 4 rings (SSSR count). The molecule has 1 amide bonds. The summed E-state index contributed by atoms with van der Waals surface area (Å²) in [5.41, 5.74) is 2.16. The molecule has 27 heavy (non-hydrogen) atoms. The zero-order valence-corrected chi connectivity index (χ0v) is 16.0. The van der Waals surface area contributed by atoms with E-state index in [9.17, 15) is 9.59 Å². The highest BCUT2D eigenvalue weighted by Crippen LogP contribution is 2.40. The zero-order chi connectivity index (χ0) is 19.1. The van der Waals surface area contributed by atoms with E-state index in [0.717, 1.165) is 38.0 Å². The number of aryl methyl sites for hydroxylation is 1. The molecule has 7 heteroatoms. The first kappa shape index (κ1) is 17.9. The highest BCUT2D eigenvalue weighted by atomic mass is 16.5. The average molecular weight is 371 g/mol. The molecule has 0 N–H and O–H groups in total. The summed E-state index contributed by atoms with van der Waals surface area (Å²) in [6.07, 6.45) is 3.24. The van der Waals surface area contributed by atoms with Crippen molar-refractivity contribution in [3.8, 4) is 0 Å².